The normalized spacial score (nSPS) is 18.0. The second kappa shape index (κ2) is 11.5. The van der Waals surface area contributed by atoms with Crippen molar-refractivity contribution in [2.24, 2.45) is 0 Å². The van der Waals surface area contributed by atoms with Gasteiger partial charge < -0.3 is 20.1 Å². The monoisotopic (exact) mass is 602 g/mol. The Hall–Kier alpha value is -3.41. The van der Waals surface area contributed by atoms with Crippen molar-refractivity contribution in [3.8, 4) is 11.3 Å². The van der Waals surface area contributed by atoms with Crippen LogP contribution in [-0.2, 0) is 17.8 Å². The van der Waals surface area contributed by atoms with E-state index in [1.165, 1.54) is 6.07 Å². The van der Waals surface area contributed by atoms with E-state index in [0.29, 0.717) is 42.5 Å². The minimum Gasteiger partial charge on any atom is -0.337 e. The minimum absolute atomic E-state index is 0. The number of benzene rings is 1. The van der Waals surface area contributed by atoms with Crippen molar-refractivity contribution in [3.63, 3.8) is 0 Å². The number of aromatic nitrogens is 5. The summed E-state index contributed by atoms with van der Waals surface area (Å²) in [5, 5.41) is 6.34. The molecule has 1 atom stereocenters. The van der Waals surface area contributed by atoms with Crippen LogP contribution in [0.15, 0.2) is 30.5 Å². The third-order valence-corrected chi connectivity index (χ3v) is 7.81. The lowest BCUT2D eigenvalue weighted by atomic mass is 10.0. The van der Waals surface area contributed by atoms with Gasteiger partial charge in [0.1, 0.15) is 22.9 Å². The van der Waals surface area contributed by atoms with E-state index in [0.717, 1.165) is 55.5 Å². The first-order valence-electron chi connectivity index (χ1n) is 13.4. The van der Waals surface area contributed by atoms with Crippen LogP contribution >= 0.6 is 24.8 Å². The van der Waals surface area contributed by atoms with Crippen LogP contribution in [0, 0.1) is 18.6 Å². The SMILES string of the molecule is Cc1nc2c(F)cc(-c3nc(Nc4ccc5c(n4)CCN(C(=O)C4CCCN4)C5)ncc3F)cc2n1C1CC1.Cl.Cl. The molecule has 1 aromatic carbocycles. The van der Waals surface area contributed by atoms with E-state index in [1.807, 2.05) is 22.5 Å². The van der Waals surface area contributed by atoms with Gasteiger partial charge in [0.15, 0.2) is 11.6 Å². The number of anilines is 2. The highest BCUT2D eigenvalue weighted by Crippen LogP contribution is 2.40. The number of carbonyl (C=O) groups is 1. The predicted molar refractivity (Wildman–Crippen MR) is 156 cm³/mol. The molecule has 1 saturated heterocycles. The molecule has 9 nitrogen and oxygen atoms in total. The summed E-state index contributed by atoms with van der Waals surface area (Å²) in [4.78, 5) is 32.3. The summed E-state index contributed by atoms with van der Waals surface area (Å²) in [6.45, 7) is 3.89. The summed E-state index contributed by atoms with van der Waals surface area (Å²) >= 11 is 0. The van der Waals surface area contributed by atoms with Gasteiger partial charge in [-0.25, -0.2) is 28.7 Å². The van der Waals surface area contributed by atoms with Crippen molar-refractivity contribution in [2.75, 3.05) is 18.4 Å². The molecule has 3 aliphatic rings. The van der Waals surface area contributed by atoms with Crippen LogP contribution in [0.25, 0.3) is 22.3 Å². The van der Waals surface area contributed by atoms with Gasteiger partial charge in [0.2, 0.25) is 11.9 Å². The van der Waals surface area contributed by atoms with Crippen molar-refractivity contribution in [1.82, 2.24) is 34.7 Å². The number of pyridine rings is 1. The maximum atomic E-state index is 15.0. The fraction of sp³-hybridized carbons (Fsp3) is 0.393. The summed E-state index contributed by atoms with van der Waals surface area (Å²) in [6.07, 6.45) is 5.68. The molecule has 1 amide bonds. The van der Waals surface area contributed by atoms with E-state index >= 15 is 4.39 Å². The summed E-state index contributed by atoms with van der Waals surface area (Å²) in [7, 11) is 0. The van der Waals surface area contributed by atoms with Crippen LogP contribution in [0.1, 0.15) is 48.8 Å². The van der Waals surface area contributed by atoms with Gasteiger partial charge in [0, 0.05) is 36.8 Å². The topological polar surface area (TPSA) is 101 Å². The highest BCUT2D eigenvalue weighted by Gasteiger charge is 2.30. The fourth-order valence-electron chi connectivity index (χ4n) is 5.73. The number of amides is 1. The summed E-state index contributed by atoms with van der Waals surface area (Å²) < 4.78 is 31.9. The largest absolute Gasteiger partial charge is 0.337 e. The first kappa shape index (κ1) is 29.1. The van der Waals surface area contributed by atoms with Crippen molar-refractivity contribution in [2.45, 2.75) is 57.7 Å². The summed E-state index contributed by atoms with van der Waals surface area (Å²) in [6, 6.07) is 6.98. The molecule has 216 valence electrons. The Morgan fingerprint density at radius 2 is 1.90 bits per heavy atom. The van der Waals surface area contributed by atoms with Gasteiger partial charge in [-0.2, -0.15) is 0 Å². The molecule has 4 aromatic rings. The molecule has 2 fully saturated rings. The number of halogens is 4. The Morgan fingerprint density at radius 3 is 2.66 bits per heavy atom. The molecule has 2 aliphatic heterocycles. The van der Waals surface area contributed by atoms with Crippen LogP contribution in [0.5, 0.6) is 0 Å². The third-order valence-electron chi connectivity index (χ3n) is 7.81. The molecule has 13 heteroatoms. The first-order chi connectivity index (χ1) is 18.9. The molecular formula is C28H30Cl2F2N8O. The molecule has 0 bridgehead atoms. The number of aryl methyl sites for hydroxylation is 1. The predicted octanol–water partition coefficient (Wildman–Crippen LogP) is 5.03. The minimum atomic E-state index is -0.645. The molecule has 0 radical (unpaired) electrons. The highest BCUT2D eigenvalue weighted by molar-refractivity contribution is 5.86. The van der Waals surface area contributed by atoms with Crippen molar-refractivity contribution >= 4 is 53.5 Å². The molecule has 7 rings (SSSR count). The van der Waals surface area contributed by atoms with Gasteiger partial charge in [-0.3, -0.25) is 4.79 Å². The highest BCUT2D eigenvalue weighted by atomic mass is 35.5. The van der Waals surface area contributed by atoms with Crippen molar-refractivity contribution in [1.29, 1.82) is 0 Å². The van der Waals surface area contributed by atoms with Crippen LogP contribution in [-0.4, -0.2) is 54.4 Å². The maximum Gasteiger partial charge on any atom is 0.240 e. The Morgan fingerprint density at radius 1 is 1.07 bits per heavy atom. The second-order valence-electron chi connectivity index (χ2n) is 10.6. The zero-order valence-electron chi connectivity index (χ0n) is 22.4. The van der Waals surface area contributed by atoms with E-state index in [-0.39, 0.29) is 53.9 Å². The number of nitrogens with zero attached hydrogens (tertiary/aromatic N) is 6. The molecule has 1 unspecified atom stereocenters. The zero-order chi connectivity index (χ0) is 26.7. The average molecular weight is 604 g/mol. The van der Waals surface area contributed by atoms with E-state index in [4.69, 9.17) is 4.98 Å². The van der Waals surface area contributed by atoms with Crippen LogP contribution in [0.3, 0.4) is 0 Å². The maximum absolute atomic E-state index is 15.0. The molecule has 5 heterocycles. The molecule has 0 spiro atoms. The van der Waals surface area contributed by atoms with Crippen LogP contribution in [0.4, 0.5) is 20.5 Å². The van der Waals surface area contributed by atoms with Crippen LogP contribution < -0.4 is 10.6 Å². The standard InChI is InChI=1S/C28H28F2N8O.2ClH/c1-15-33-26-19(29)11-17(12-23(26)38(15)18-5-6-18)25-20(30)13-32-28(36-25)35-24-7-4-16-14-37(10-8-21(16)34-24)27(39)22-3-2-9-31-22;;/h4,7,11-13,18,22,31H,2-3,5-6,8-10,14H2,1H3,(H,32,34,35,36);2*1H. The molecule has 1 saturated carbocycles. The zero-order valence-corrected chi connectivity index (χ0v) is 24.0. The Bertz CT molecular complexity index is 1620. The quantitative estimate of drug-likeness (QED) is 0.330. The lowest BCUT2D eigenvalue weighted by molar-refractivity contribution is -0.134. The number of nitrogens with one attached hydrogen (secondary N) is 2. The van der Waals surface area contributed by atoms with E-state index in [2.05, 4.69) is 25.6 Å². The van der Waals surface area contributed by atoms with Gasteiger partial charge >= 0.3 is 0 Å². The lowest BCUT2D eigenvalue weighted by Gasteiger charge is -2.30. The Kier molecular flexibility index (Phi) is 8.13. The average Bonchev–Trinajstić information content (AvgIpc) is 3.48. The number of hydrogen-bond acceptors (Lipinski definition) is 7. The van der Waals surface area contributed by atoms with Gasteiger partial charge in [-0.05, 0) is 62.9 Å². The second-order valence-corrected chi connectivity index (χ2v) is 10.6. The molecule has 3 aromatic heterocycles. The number of hydrogen-bond donors (Lipinski definition) is 2. The van der Waals surface area contributed by atoms with Crippen molar-refractivity contribution in [3.05, 3.63) is 59.2 Å². The third kappa shape index (κ3) is 5.45. The Balaban J connectivity index is 0.00000169. The fourth-order valence-corrected chi connectivity index (χ4v) is 5.73. The molecule has 41 heavy (non-hydrogen) atoms. The Labute approximate surface area is 248 Å². The number of fused-ring (bicyclic) bond motifs is 2. The smallest absolute Gasteiger partial charge is 0.240 e. The summed E-state index contributed by atoms with van der Waals surface area (Å²) in [5.74, 6) is 0.421. The van der Waals surface area contributed by atoms with Gasteiger partial charge in [0.05, 0.1) is 17.8 Å². The number of carbonyl (C=O) groups excluding carboxylic acids is 1. The van der Waals surface area contributed by atoms with E-state index in [1.54, 1.807) is 12.1 Å². The molecule has 2 N–H and O–H groups in total. The first-order valence-corrected chi connectivity index (χ1v) is 13.4. The molecule has 1 aliphatic carbocycles. The lowest BCUT2D eigenvalue weighted by Crippen LogP contribution is -2.45. The summed E-state index contributed by atoms with van der Waals surface area (Å²) in [5.41, 5.74) is 3.16. The number of imidazole rings is 1. The van der Waals surface area contributed by atoms with Crippen LogP contribution in [0.2, 0.25) is 0 Å². The van der Waals surface area contributed by atoms with Crippen molar-refractivity contribution < 1.29 is 13.6 Å². The number of rotatable bonds is 5. The van der Waals surface area contributed by atoms with Gasteiger partial charge in [0.25, 0.3) is 0 Å². The van der Waals surface area contributed by atoms with E-state index < -0.39 is 11.6 Å². The van der Waals surface area contributed by atoms with Gasteiger partial charge in [-0.1, -0.05) is 6.07 Å². The van der Waals surface area contributed by atoms with Gasteiger partial charge in [-0.15, -0.1) is 24.8 Å². The van der Waals surface area contributed by atoms with E-state index in [9.17, 15) is 9.18 Å². The molecular weight excluding hydrogens is 573 g/mol.